The SMILES string of the molecule is CCC1=CC=C(C)N(CC)C1. The number of likely N-dealkylation sites (N-methyl/N-ethyl adjacent to an activating group) is 1. The highest BCUT2D eigenvalue weighted by Crippen LogP contribution is 2.15. The molecule has 0 N–H and O–H groups in total. The zero-order chi connectivity index (χ0) is 8.27. The van der Waals surface area contributed by atoms with Gasteiger partial charge in [-0.1, -0.05) is 18.6 Å². The van der Waals surface area contributed by atoms with Crippen LogP contribution in [-0.4, -0.2) is 18.0 Å². The van der Waals surface area contributed by atoms with Crippen LogP contribution in [0.15, 0.2) is 23.4 Å². The number of allylic oxidation sites excluding steroid dienone is 3. The van der Waals surface area contributed by atoms with Gasteiger partial charge in [-0.05, 0) is 26.3 Å². The molecule has 0 amide bonds. The molecule has 0 spiro atoms. The molecule has 0 fully saturated rings. The first-order valence-corrected chi connectivity index (χ1v) is 4.39. The Labute approximate surface area is 69.4 Å². The van der Waals surface area contributed by atoms with Crippen LogP contribution < -0.4 is 0 Å². The summed E-state index contributed by atoms with van der Waals surface area (Å²) < 4.78 is 0. The quantitative estimate of drug-likeness (QED) is 0.586. The summed E-state index contributed by atoms with van der Waals surface area (Å²) in [6.07, 6.45) is 5.65. The Morgan fingerprint density at radius 3 is 2.64 bits per heavy atom. The largest absolute Gasteiger partial charge is 0.371 e. The third-order valence-electron chi connectivity index (χ3n) is 2.29. The highest BCUT2D eigenvalue weighted by molar-refractivity contribution is 5.22. The van der Waals surface area contributed by atoms with Gasteiger partial charge >= 0.3 is 0 Å². The first-order valence-electron chi connectivity index (χ1n) is 4.39. The topological polar surface area (TPSA) is 3.24 Å². The van der Waals surface area contributed by atoms with Gasteiger partial charge in [0.15, 0.2) is 0 Å². The van der Waals surface area contributed by atoms with Crippen molar-refractivity contribution in [2.75, 3.05) is 13.1 Å². The Morgan fingerprint density at radius 1 is 1.36 bits per heavy atom. The van der Waals surface area contributed by atoms with Crippen molar-refractivity contribution in [3.8, 4) is 0 Å². The van der Waals surface area contributed by atoms with Gasteiger partial charge in [-0.3, -0.25) is 0 Å². The average Bonchev–Trinajstić information content (AvgIpc) is 2.05. The maximum atomic E-state index is 2.40. The summed E-state index contributed by atoms with van der Waals surface area (Å²) >= 11 is 0. The molecule has 1 heterocycles. The molecule has 0 aromatic rings. The minimum absolute atomic E-state index is 1.12. The number of nitrogens with zero attached hydrogens (tertiary/aromatic N) is 1. The molecular weight excluding hydrogens is 134 g/mol. The maximum Gasteiger partial charge on any atom is 0.0388 e. The molecule has 1 nitrogen and oxygen atoms in total. The van der Waals surface area contributed by atoms with Crippen LogP contribution >= 0.6 is 0 Å². The van der Waals surface area contributed by atoms with Crippen molar-refractivity contribution in [3.05, 3.63) is 23.4 Å². The summed E-state index contributed by atoms with van der Waals surface area (Å²) in [4.78, 5) is 2.40. The van der Waals surface area contributed by atoms with E-state index < -0.39 is 0 Å². The standard InChI is InChI=1S/C10H17N/c1-4-10-7-6-9(3)11(5-2)8-10/h6-7H,4-5,8H2,1-3H3. The zero-order valence-electron chi connectivity index (χ0n) is 7.72. The molecule has 0 saturated heterocycles. The van der Waals surface area contributed by atoms with E-state index >= 15 is 0 Å². The molecule has 62 valence electrons. The molecule has 0 atom stereocenters. The maximum absolute atomic E-state index is 2.40. The number of rotatable bonds is 2. The van der Waals surface area contributed by atoms with Crippen LogP contribution in [0.4, 0.5) is 0 Å². The summed E-state index contributed by atoms with van der Waals surface area (Å²) in [6, 6.07) is 0. The van der Waals surface area contributed by atoms with Crippen LogP contribution in [0.25, 0.3) is 0 Å². The fraction of sp³-hybridized carbons (Fsp3) is 0.600. The van der Waals surface area contributed by atoms with E-state index in [1.807, 2.05) is 0 Å². The van der Waals surface area contributed by atoms with E-state index in [0.717, 1.165) is 13.1 Å². The van der Waals surface area contributed by atoms with E-state index in [1.54, 1.807) is 0 Å². The first-order chi connectivity index (χ1) is 5.27. The highest BCUT2D eigenvalue weighted by atomic mass is 15.1. The predicted molar refractivity (Wildman–Crippen MR) is 49.4 cm³/mol. The van der Waals surface area contributed by atoms with Crippen molar-refractivity contribution in [1.29, 1.82) is 0 Å². The van der Waals surface area contributed by atoms with Crippen molar-refractivity contribution >= 4 is 0 Å². The van der Waals surface area contributed by atoms with Crippen molar-refractivity contribution < 1.29 is 0 Å². The van der Waals surface area contributed by atoms with Crippen LogP contribution in [0.3, 0.4) is 0 Å². The predicted octanol–water partition coefficient (Wildman–Crippen LogP) is 2.56. The van der Waals surface area contributed by atoms with E-state index in [-0.39, 0.29) is 0 Å². The second-order valence-electron chi connectivity index (χ2n) is 3.00. The third kappa shape index (κ3) is 1.86. The van der Waals surface area contributed by atoms with Gasteiger partial charge in [0.25, 0.3) is 0 Å². The first kappa shape index (κ1) is 8.38. The van der Waals surface area contributed by atoms with Crippen molar-refractivity contribution in [1.82, 2.24) is 4.90 Å². The average molecular weight is 151 g/mol. The van der Waals surface area contributed by atoms with Crippen molar-refractivity contribution in [2.24, 2.45) is 0 Å². The van der Waals surface area contributed by atoms with Crippen LogP contribution in [0.1, 0.15) is 27.2 Å². The minimum atomic E-state index is 1.12. The molecule has 0 bridgehead atoms. The molecule has 1 aliphatic heterocycles. The van der Waals surface area contributed by atoms with Gasteiger partial charge in [0.1, 0.15) is 0 Å². The molecule has 0 aliphatic carbocycles. The second kappa shape index (κ2) is 3.61. The molecule has 1 heteroatoms. The van der Waals surface area contributed by atoms with Crippen LogP contribution in [-0.2, 0) is 0 Å². The lowest BCUT2D eigenvalue weighted by Crippen LogP contribution is -2.25. The number of hydrogen-bond acceptors (Lipinski definition) is 1. The zero-order valence-corrected chi connectivity index (χ0v) is 7.72. The summed E-state index contributed by atoms with van der Waals surface area (Å²) in [5.41, 5.74) is 2.93. The molecule has 0 saturated carbocycles. The summed E-state index contributed by atoms with van der Waals surface area (Å²) in [7, 11) is 0. The van der Waals surface area contributed by atoms with Crippen LogP contribution in [0, 0.1) is 0 Å². The van der Waals surface area contributed by atoms with Gasteiger partial charge in [0.2, 0.25) is 0 Å². The second-order valence-corrected chi connectivity index (χ2v) is 3.00. The Hall–Kier alpha value is -0.720. The normalized spacial score (nSPS) is 17.9. The van der Waals surface area contributed by atoms with E-state index in [0.29, 0.717) is 0 Å². The molecule has 0 unspecified atom stereocenters. The molecule has 0 radical (unpaired) electrons. The summed E-state index contributed by atoms with van der Waals surface area (Å²) in [5, 5.41) is 0. The fourth-order valence-corrected chi connectivity index (χ4v) is 1.36. The molecular formula is C10H17N. The van der Waals surface area contributed by atoms with E-state index in [1.165, 1.54) is 17.7 Å². The molecule has 1 rings (SSSR count). The van der Waals surface area contributed by atoms with Gasteiger partial charge in [0, 0.05) is 18.8 Å². The lowest BCUT2D eigenvalue weighted by molar-refractivity contribution is 0.385. The van der Waals surface area contributed by atoms with E-state index in [4.69, 9.17) is 0 Å². The van der Waals surface area contributed by atoms with Crippen molar-refractivity contribution in [2.45, 2.75) is 27.2 Å². The van der Waals surface area contributed by atoms with Gasteiger partial charge in [0.05, 0.1) is 0 Å². The Kier molecular flexibility index (Phi) is 2.75. The molecule has 0 aromatic carbocycles. The smallest absolute Gasteiger partial charge is 0.0388 e. The fourth-order valence-electron chi connectivity index (χ4n) is 1.36. The minimum Gasteiger partial charge on any atom is -0.371 e. The third-order valence-corrected chi connectivity index (χ3v) is 2.29. The van der Waals surface area contributed by atoms with Crippen LogP contribution in [0.5, 0.6) is 0 Å². The van der Waals surface area contributed by atoms with Gasteiger partial charge in [-0.15, -0.1) is 0 Å². The summed E-state index contributed by atoms with van der Waals surface area (Å²) in [5.74, 6) is 0. The monoisotopic (exact) mass is 151 g/mol. The van der Waals surface area contributed by atoms with Gasteiger partial charge < -0.3 is 4.90 Å². The van der Waals surface area contributed by atoms with Crippen molar-refractivity contribution in [3.63, 3.8) is 0 Å². The molecule has 1 aliphatic rings. The molecule has 11 heavy (non-hydrogen) atoms. The Bertz CT molecular complexity index is 189. The van der Waals surface area contributed by atoms with Gasteiger partial charge in [-0.2, -0.15) is 0 Å². The van der Waals surface area contributed by atoms with Gasteiger partial charge in [-0.25, -0.2) is 0 Å². The summed E-state index contributed by atoms with van der Waals surface area (Å²) in [6.45, 7) is 8.85. The Morgan fingerprint density at radius 2 is 2.09 bits per heavy atom. The van der Waals surface area contributed by atoms with E-state index in [2.05, 4.69) is 37.8 Å². The Balaban J connectivity index is 2.67. The van der Waals surface area contributed by atoms with E-state index in [9.17, 15) is 0 Å². The highest BCUT2D eigenvalue weighted by Gasteiger charge is 2.07. The van der Waals surface area contributed by atoms with Crippen LogP contribution in [0.2, 0.25) is 0 Å². The molecule has 0 aromatic heterocycles. The lowest BCUT2D eigenvalue weighted by Gasteiger charge is -2.27. The lowest BCUT2D eigenvalue weighted by atomic mass is 10.1. The number of hydrogen-bond donors (Lipinski definition) is 0.